The summed E-state index contributed by atoms with van der Waals surface area (Å²) in [5.74, 6) is -0.302. The number of pyridine rings is 1. The van der Waals surface area contributed by atoms with E-state index in [4.69, 9.17) is 4.74 Å². The van der Waals surface area contributed by atoms with Gasteiger partial charge in [0.1, 0.15) is 12.2 Å². The lowest BCUT2D eigenvalue weighted by Gasteiger charge is -2.38. The van der Waals surface area contributed by atoms with E-state index in [1.54, 1.807) is 12.3 Å². The van der Waals surface area contributed by atoms with Crippen molar-refractivity contribution in [3.63, 3.8) is 0 Å². The van der Waals surface area contributed by atoms with Crippen molar-refractivity contribution in [3.8, 4) is 6.07 Å². The molecule has 4 atom stereocenters. The summed E-state index contributed by atoms with van der Waals surface area (Å²) in [4.78, 5) is 19.1. The molecule has 2 fully saturated rings. The largest absolute Gasteiger partial charge is 0.365 e. The normalized spacial score (nSPS) is 27.5. The molecule has 8 heteroatoms. The number of fused-ring (bicyclic) bond motifs is 1. The quantitative estimate of drug-likeness (QED) is 0.826. The van der Waals surface area contributed by atoms with Gasteiger partial charge in [-0.2, -0.15) is 5.26 Å². The zero-order valence-electron chi connectivity index (χ0n) is 15.6. The predicted molar refractivity (Wildman–Crippen MR) is 103 cm³/mol. The number of hydrogen-bond acceptors (Lipinski definition) is 6. The molecule has 2 saturated heterocycles. The molecule has 7 nitrogen and oxygen atoms in total. The van der Waals surface area contributed by atoms with E-state index >= 15 is 0 Å². The van der Waals surface area contributed by atoms with E-state index in [1.807, 2.05) is 25.1 Å². The molecular formula is C20H22FN5O2. The van der Waals surface area contributed by atoms with Crippen LogP contribution in [0.1, 0.15) is 12.5 Å². The predicted octanol–water partition coefficient (Wildman–Crippen LogP) is 1.13. The van der Waals surface area contributed by atoms with Gasteiger partial charge in [-0.15, -0.1) is 0 Å². The van der Waals surface area contributed by atoms with E-state index in [0.717, 1.165) is 11.1 Å². The highest BCUT2D eigenvalue weighted by atomic mass is 19.1. The summed E-state index contributed by atoms with van der Waals surface area (Å²) in [6.45, 7) is 3.54. The Kier molecular flexibility index (Phi) is 5.11. The average molecular weight is 383 g/mol. The molecule has 28 heavy (non-hydrogen) atoms. The van der Waals surface area contributed by atoms with Crippen LogP contribution in [-0.4, -0.2) is 61.5 Å². The minimum atomic E-state index is -1.09. The Hall–Kier alpha value is -2.76. The van der Waals surface area contributed by atoms with Crippen molar-refractivity contribution in [2.75, 3.05) is 31.1 Å². The van der Waals surface area contributed by atoms with Crippen LogP contribution in [0.15, 0.2) is 30.5 Å². The van der Waals surface area contributed by atoms with E-state index in [-0.39, 0.29) is 18.6 Å². The van der Waals surface area contributed by atoms with Gasteiger partial charge >= 0.3 is 0 Å². The van der Waals surface area contributed by atoms with Gasteiger partial charge in [0.2, 0.25) is 0 Å². The summed E-state index contributed by atoms with van der Waals surface area (Å²) in [5, 5.41) is 15.9. The SMILES string of the molecule is C[C@@H]1CN(c2ccc(C#N)c3ncccc23)C[C@H](C(=O)N[C@H]2CNC[C@H]2F)O1. The van der Waals surface area contributed by atoms with Crippen molar-refractivity contribution in [1.29, 1.82) is 5.26 Å². The van der Waals surface area contributed by atoms with Gasteiger partial charge in [-0.1, -0.05) is 0 Å². The zero-order chi connectivity index (χ0) is 19.7. The van der Waals surface area contributed by atoms with Crippen molar-refractivity contribution in [1.82, 2.24) is 15.6 Å². The van der Waals surface area contributed by atoms with Crippen LogP contribution < -0.4 is 15.5 Å². The Morgan fingerprint density at radius 3 is 3.00 bits per heavy atom. The number of nitrogens with one attached hydrogen (secondary N) is 2. The van der Waals surface area contributed by atoms with E-state index in [9.17, 15) is 14.4 Å². The van der Waals surface area contributed by atoms with Crippen LogP contribution in [0.5, 0.6) is 0 Å². The number of carbonyl (C=O) groups excluding carboxylic acids is 1. The molecule has 2 N–H and O–H groups in total. The fourth-order valence-corrected chi connectivity index (χ4v) is 3.88. The number of morpholine rings is 1. The molecule has 146 valence electrons. The summed E-state index contributed by atoms with van der Waals surface area (Å²) < 4.78 is 19.7. The van der Waals surface area contributed by atoms with Crippen LogP contribution in [0.2, 0.25) is 0 Å². The molecule has 2 aliphatic rings. The standard InChI is InChI=1S/C20H22FN5O2/c1-12-10-26(11-18(28-12)20(27)25-16-9-23-8-15(16)21)17-5-4-13(7-22)19-14(17)3-2-6-24-19/h2-6,12,15-16,18,23H,8-11H2,1H3,(H,25,27)/t12-,15-,16+,18-/m1/s1. The Balaban J connectivity index is 1.58. The third-order valence-corrected chi connectivity index (χ3v) is 5.23. The van der Waals surface area contributed by atoms with Gasteiger partial charge in [-0.25, -0.2) is 4.39 Å². The molecule has 0 bridgehead atoms. The molecule has 2 aliphatic heterocycles. The average Bonchev–Trinajstić information content (AvgIpc) is 3.11. The van der Waals surface area contributed by atoms with E-state index in [0.29, 0.717) is 30.7 Å². The van der Waals surface area contributed by atoms with Crippen molar-refractivity contribution in [2.45, 2.75) is 31.3 Å². The highest BCUT2D eigenvalue weighted by Gasteiger charge is 2.35. The topological polar surface area (TPSA) is 90.3 Å². The molecule has 2 aromatic rings. The summed E-state index contributed by atoms with van der Waals surface area (Å²) in [5.41, 5.74) is 2.05. The number of anilines is 1. The first-order valence-corrected chi connectivity index (χ1v) is 9.40. The summed E-state index contributed by atoms with van der Waals surface area (Å²) in [6.07, 6.45) is -0.294. The number of carbonyl (C=O) groups is 1. The number of ether oxygens (including phenoxy) is 1. The number of rotatable bonds is 3. The lowest BCUT2D eigenvalue weighted by molar-refractivity contribution is -0.138. The first-order chi connectivity index (χ1) is 13.6. The number of alkyl halides is 1. The molecule has 0 spiro atoms. The molecule has 1 aromatic heterocycles. The maximum absolute atomic E-state index is 13.8. The lowest BCUT2D eigenvalue weighted by atomic mass is 10.1. The number of amides is 1. The van der Waals surface area contributed by atoms with Crippen molar-refractivity contribution in [3.05, 3.63) is 36.0 Å². The Bertz CT molecular complexity index is 930. The monoisotopic (exact) mass is 383 g/mol. The van der Waals surface area contributed by atoms with Gasteiger partial charge in [0.15, 0.2) is 6.10 Å². The second kappa shape index (κ2) is 7.70. The number of hydrogen-bond donors (Lipinski definition) is 2. The van der Waals surface area contributed by atoms with Gasteiger partial charge in [0, 0.05) is 36.9 Å². The maximum Gasteiger partial charge on any atom is 0.251 e. The maximum atomic E-state index is 13.8. The zero-order valence-corrected chi connectivity index (χ0v) is 15.6. The van der Waals surface area contributed by atoms with Crippen LogP contribution in [0, 0.1) is 11.3 Å². The number of benzene rings is 1. The minimum Gasteiger partial charge on any atom is -0.365 e. The van der Waals surface area contributed by atoms with E-state index in [2.05, 4.69) is 26.6 Å². The van der Waals surface area contributed by atoms with Crippen LogP contribution in [-0.2, 0) is 9.53 Å². The number of nitrogens with zero attached hydrogens (tertiary/aromatic N) is 3. The highest BCUT2D eigenvalue weighted by molar-refractivity contribution is 5.95. The lowest BCUT2D eigenvalue weighted by Crippen LogP contribution is -2.55. The second-order valence-corrected chi connectivity index (χ2v) is 7.27. The Labute approximate surface area is 162 Å². The number of nitriles is 1. The number of aromatic nitrogens is 1. The van der Waals surface area contributed by atoms with Crippen LogP contribution in [0.25, 0.3) is 10.9 Å². The fraction of sp³-hybridized carbons (Fsp3) is 0.450. The first-order valence-electron chi connectivity index (χ1n) is 9.40. The fourth-order valence-electron chi connectivity index (χ4n) is 3.88. The Morgan fingerprint density at radius 2 is 2.25 bits per heavy atom. The van der Waals surface area contributed by atoms with Crippen LogP contribution in [0.4, 0.5) is 10.1 Å². The molecular weight excluding hydrogens is 361 g/mol. The van der Waals surface area contributed by atoms with Gasteiger partial charge in [-0.05, 0) is 31.2 Å². The summed E-state index contributed by atoms with van der Waals surface area (Å²) >= 11 is 0. The van der Waals surface area contributed by atoms with Crippen LogP contribution >= 0.6 is 0 Å². The van der Waals surface area contributed by atoms with Gasteiger partial charge in [-0.3, -0.25) is 9.78 Å². The highest BCUT2D eigenvalue weighted by Crippen LogP contribution is 2.30. The molecule has 1 amide bonds. The minimum absolute atomic E-state index is 0.172. The number of halogens is 1. The summed E-state index contributed by atoms with van der Waals surface area (Å²) in [7, 11) is 0. The molecule has 0 aliphatic carbocycles. The molecule has 0 unspecified atom stereocenters. The van der Waals surface area contributed by atoms with Gasteiger partial charge < -0.3 is 20.3 Å². The van der Waals surface area contributed by atoms with Crippen molar-refractivity contribution >= 4 is 22.5 Å². The first kappa shape index (κ1) is 18.6. The van der Waals surface area contributed by atoms with Gasteiger partial charge in [0.25, 0.3) is 5.91 Å². The smallest absolute Gasteiger partial charge is 0.251 e. The Morgan fingerprint density at radius 1 is 1.39 bits per heavy atom. The molecule has 0 radical (unpaired) electrons. The van der Waals surface area contributed by atoms with E-state index in [1.165, 1.54) is 0 Å². The molecule has 4 rings (SSSR count). The molecule has 1 aromatic carbocycles. The third-order valence-electron chi connectivity index (χ3n) is 5.23. The third kappa shape index (κ3) is 3.51. The van der Waals surface area contributed by atoms with Crippen LogP contribution in [0.3, 0.4) is 0 Å². The van der Waals surface area contributed by atoms with Gasteiger partial charge in [0.05, 0.1) is 29.8 Å². The molecule has 3 heterocycles. The summed E-state index contributed by atoms with van der Waals surface area (Å²) in [6, 6.07) is 9.02. The molecule has 0 saturated carbocycles. The van der Waals surface area contributed by atoms with Crippen molar-refractivity contribution < 1.29 is 13.9 Å². The van der Waals surface area contributed by atoms with Crippen molar-refractivity contribution in [2.24, 2.45) is 0 Å². The van der Waals surface area contributed by atoms with E-state index < -0.39 is 18.3 Å². The second-order valence-electron chi connectivity index (χ2n) is 7.27.